The van der Waals surface area contributed by atoms with Gasteiger partial charge in [-0.15, -0.1) is 6.58 Å². The van der Waals surface area contributed by atoms with Crippen molar-refractivity contribution >= 4 is 11.2 Å². The van der Waals surface area contributed by atoms with Gasteiger partial charge >= 0.3 is 5.69 Å². The Morgan fingerprint density at radius 1 is 1.00 bits per heavy atom. The van der Waals surface area contributed by atoms with Crippen LogP contribution in [0.2, 0.25) is 0 Å². The zero-order valence-corrected chi connectivity index (χ0v) is 15.8. The molecule has 0 atom stereocenters. The predicted molar refractivity (Wildman–Crippen MR) is 112 cm³/mol. The minimum absolute atomic E-state index is 0.117. The number of allylic oxidation sites excluding steroid dienone is 1. The quantitative estimate of drug-likeness (QED) is 0.456. The Labute approximate surface area is 166 Å². The second kappa shape index (κ2) is 8.02. The second-order valence-electron chi connectivity index (χ2n) is 6.43. The lowest BCUT2D eigenvalue weighted by atomic mass is 10.3. The summed E-state index contributed by atoms with van der Waals surface area (Å²) < 4.78 is 10.1. The maximum Gasteiger partial charge on any atom is 0.337 e. The Morgan fingerprint density at radius 3 is 2.38 bits per heavy atom. The van der Waals surface area contributed by atoms with Crippen molar-refractivity contribution in [2.75, 3.05) is 6.61 Å². The van der Waals surface area contributed by atoms with Crippen molar-refractivity contribution in [3.05, 3.63) is 100 Å². The second-order valence-corrected chi connectivity index (χ2v) is 6.43. The molecule has 2 aromatic heterocycles. The number of aromatic nitrogens is 4. The van der Waals surface area contributed by atoms with Crippen molar-refractivity contribution in [3.63, 3.8) is 0 Å². The van der Waals surface area contributed by atoms with Gasteiger partial charge in [0.25, 0.3) is 5.56 Å². The first-order chi connectivity index (χ1) is 14.2. The molecule has 0 N–H and O–H groups in total. The van der Waals surface area contributed by atoms with Crippen LogP contribution in [0.15, 0.2) is 89.2 Å². The topological polar surface area (TPSA) is 71.0 Å². The van der Waals surface area contributed by atoms with Crippen LogP contribution in [-0.4, -0.2) is 25.3 Å². The highest BCUT2D eigenvalue weighted by molar-refractivity contribution is 5.72. The van der Waals surface area contributed by atoms with Crippen LogP contribution in [0.5, 0.6) is 5.75 Å². The maximum atomic E-state index is 13.0. The average molecular weight is 388 g/mol. The highest BCUT2D eigenvalue weighted by Gasteiger charge is 2.18. The molecule has 0 saturated heterocycles. The first kappa shape index (κ1) is 18.5. The molecule has 4 aromatic rings. The molecule has 0 spiro atoms. The molecule has 0 fully saturated rings. The summed E-state index contributed by atoms with van der Waals surface area (Å²) in [4.78, 5) is 30.4. The van der Waals surface area contributed by atoms with Crippen LogP contribution in [0.1, 0.15) is 0 Å². The largest absolute Gasteiger partial charge is 0.492 e. The molecule has 146 valence electrons. The van der Waals surface area contributed by atoms with E-state index in [0.717, 1.165) is 5.75 Å². The summed E-state index contributed by atoms with van der Waals surface area (Å²) in [5.41, 5.74) is 0.484. The first-order valence-corrected chi connectivity index (χ1v) is 9.25. The molecular formula is C22H20N4O3. The van der Waals surface area contributed by atoms with Gasteiger partial charge in [-0.2, -0.15) is 0 Å². The van der Waals surface area contributed by atoms with E-state index in [1.54, 1.807) is 23.0 Å². The molecule has 4 rings (SSSR count). The lowest BCUT2D eigenvalue weighted by Gasteiger charge is -2.12. The summed E-state index contributed by atoms with van der Waals surface area (Å²) in [6.45, 7) is 4.56. The summed E-state index contributed by atoms with van der Waals surface area (Å²) in [6, 6.07) is 18.6. The molecule has 0 aliphatic rings. The highest BCUT2D eigenvalue weighted by atomic mass is 16.5. The van der Waals surface area contributed by atoms with E-state index in [0.29, 0.717) is 30.0 Å². The minimum Gasteiger partial charge on any atom is -0.492 e. The number of para-hydroxylation sites is 2. The molecular weight excluding hydrogens is 368 g/mol. The van der Waals surface area contributed by atoms with Crippen molar-refractivity contribution in [1.82, 2.24) is 18.7 Å². The van der Waals surface area contributed by atoms with Crippen LogP contribution in [0, 0.1) is 0 Å². The van der Waals surface area contributed by atoms with Gasteiger partial charge in [-0.3, -0.25) is 9.36 Å². The Morgan fingerprint density at radius 2 is 1.69 bits per heavy atom. The van der Waals surface area contributed by atoms with E-state index in [1.807, 2.05) is 48.5 Å². The summed E-state index contributed by atoms with van der Waals surface area (Å²) in [7, 11) is 0. The van der Waals surface area contributed by atoms with Crippen LogP contribution < -0.4 is 16.0 Å². The van der Waals surface area contributed by atoms with Gasteiger partial charge in [0.05, 0.1) is 18.6 Å². The van der Waals surface area contributed by atoms with Gasteiger partial charge in [-0.1, -0.05) is 42.5 Å². The van der Waals surface area contributed by atoms with Gasteiger partial charge in [0.15, 0.2) is 11.2 Å². The number of fused-ring (bicyclic) bond motifs is 1. The van der Waals surface area contributed by atoms with Crippen LogP contribution in [0.4, 0.5) is 0 Å². The first-order valence-electron chi connectivity index (χ1n) is 9.25. The molecule has 0 aliphatic carbocycles. The third kappa shape index (κ3) is 3.50. The lowest BCUT2D eigenvalue weighted by molar-refractivity contribution is 0.300. The number of hydrogen-bond donors (Lipinski definition) is 0. The molecule has 7 nitrogen and oxygen atoms in total. The van der Waals surface area contributed by atoms with Gasteiger partial charge < -0.3 is 9.30 Å². The summed E-state index contributed by atoms with van der Waals surface area (Å²) >= 11 is 0. The molecule has 2 heterocycles. The van der Waals surface area contributed by atoms with E-state index >= 15 is 0 Å². The Bertz CT molecular complexity index is 1250. The van der Waals surface area contributed by atoms with E-state index in [2.05, 4.69) is 11.6 Å². The monoisotopic (exact) mass is 388 g/mol. The van der Waals surface area contributed by atoms with E-state index in [9.17, 15) is 9.59 Å². The minimum atomic E-state index is -0.445. The smallest absolute Gasteiger partial charge is 0.337 e. The van der Waals surface area contributed by atoms with Crippen molar-refractivity contribution in [1.29, 1.82) is 0 Å². The SMILES string of the molecule is C=CCn1c(=O)c2c(ncn2CCOc2ccccc2)n(-c2ccccc2)c1=O. The van der Waals surface area contributed by atoms with Gasteiger partial charge in [0, 0.05) is 6.54 Å². The fraction of sp³-hybridized carbons (Fsp3) is 0.136. The number of rotatable bonds is 7. The van der Waals surface area contributed by atoms with Crippen molar-refractivity contribution < 1.29 is 4.74 Å². The fourth-order valence-electron chi connectivity index (χ4n) is 3.23. The predicted octanol–water partition coefficient (Wildman–Crippen LogP) is 2.61. The van der Waals surface area contributed by atoms with Crippen molar-refractivity contribution in [3.8, 4) is 11.4 Å². The average Bonchev–Trinajstić information content (AvgIpc) is 3.16. The summed E-state index contributed by atoms with van der Waals surface area (Å²) in [6.07, 6.45) is 3.10. The van der Waals surface area contributed by atoms with Crippen LogP contribution in [0.25, 0.3) is 16.9 Å². The summed E-state index contributed by atoms with van der Waals surface area (Å²) in [5.74, 6) is 0.752. The van der Waals surface area contributed by atoms with Gasteiger partial charge in [0.2, 0.25) is 0 Å². The molecule has 7 heteroatoms. The lowest BCUT2D eigenvalue weighted by Crippen LogP contribution is -2.39. The summed E-state index contributed by atoms with van der Waals surface area (Å²) in [5, 5.41) is 0. The molecule has 0 bridgehead atoms. The zero-order chi connectivity index (χ0) is 20.2. The van der Waals surface area contributed by atoms with Crippen LogP contribution >= 0.6 is 0 Å². The molecule has 2 aromatic carbocycles. The third-order valence-corrected chi connectivity index (χ3v) is 4.57. The number of nitrogens with zero attached hydrogens (tertiary/aromatic N) is 4. The molecule has 0 amide bonds. The number of imidazole rings is 1. The van der Waals surface area contributed by atoms with Crippen molar-refractivity contribution in [2.45, 2.75) is 13.1 Å². The Hall–Kier alpha value is -3.87. The third-order valence-electron chi connectivity index (χ3n) is 4.57. The molecule has 0 unspecified atom stereocenters. The van der Waals surface area contributed by atoms with Gasteiger partial charge in [0.1, 0.15) is 12.4 Å². The fourth-order valence-corrected chi connectivity index (χ4v) is 3.23. The number of hydrogen-bond acceptors (Lipinski definition) is 4. The van der Waals surface area contributed by atoms with E-state index < -0.39 is 11.2 Å². The Balaban J connectivity index is 1.79. The standard InChI is InChI=1S/C22H20N4O3/c1-2-13-25-21(27)19-20(26(22(25)28)17-9-5-3-6-10-17)23-16-24(19)14-15-29-18-11-7-4-8-12-18/h2-12,16H,1,13-15H2. The van der Waals surface area contributed by atoms with Crippen LogP contribution in [0.3, 0.4) is 0 Å². The van der Waals surface area contributed by atoms with E-state index in [1.165, 1.54) is 15.2 Å². The van der Waals surface area contributed by atoms with Crippen molar-refractivity contribution in [2.24, 2.45) is 0 Å². The maximum absolute atomic E-state index is 13.0. The van der Waals surface area contributed by atoms with E-state index in [-0.39, 0.29) is 6.54 Å². The van der Waals surface area contributed by atoms with Gasteiger partial charge in [-0.25, -0.2) is 14.3 Å². The molecule has 0 radical (unpaired) electrons. The van der Waals surface area contributed by atoms with E-state index in [4.69, 9.17) is 4.74 Å². The zero-order valence-electron chi connectivity index (χ0n) is 15.8. The highest BCUT2D eigenvalue weighted by Crippen LogP contribution is 2.13. The Kier molecular flexibility index (Phi) is 5.11. The normalized spacial score (nSPS) is 10.9. The number of ether oxygens (including phenoxy) is 1. The molecule has 0 saturated carbocycles. The molecule has 29 heavy (non-hydrogen) atoms. The molecule has 0 aliphatic heterocycles. The van der Waals surface area contributed by atoms with Crippen LogP contribution in [-0.2, 0) is 13.1 Å². The number of benzene rings is 2. The van der Waals surface area contributed by atoms with Gasteiger partial charge in [-0.05, 0) is 24.3 Å².